The van der Waals surface area contributed by atoms with E-state index in [4.69, 9.17) is 0 Å². The second kappa shape index (κ2) is 6.01. The van der Waals surface area contributed by atoms with E-state index in [1.54, 1.807) is 0 Å². The third-order valence-corrected chi connectivity index (χ3v) is 4.19. The van der Waals surface area contributed by atoms with Crippen molar-refractivity contribution in [2.45, 2.75) is 51.6 Å². The number of benzene rings is 1. The number of hydrogen-bond acceptors (Lipinski definition) is 1. The maximum absolute atomic E-state index is 10.3. The summed E-state index contributed by atoms with van der Waals surface area (Å²) in [6.45, 7) is 2.07. The predicted octanol–water partition coefficient (Wildman–Crippen LogP) is 4.76. The molecule has 0 heterocycles. The number of aliphatic hydroxyl groups excluding tert-OH is 1. The highest BCUT2D eigenvalue weighted by molar-refractivity contribution is 9.10. The van der Waals surface area contributed by atoms with Crippen molar-refractivity contribution >= 4 is 15.9 Å². The van der Waals surface area contributed by atoms with Gasteiger partial charge in [0.05, 0.1) is 6.10 Å². The molecule has 1 aromatic carbocycles. The van der Waals surface area contributed by atoms with Crippen LogP contribution in [0.2, 0.25) is 0 Å². The molecular weight excluding hydrogens is 276 g/mol. The van der Waals surface area contributed by atoms with E-state index >= 15 is 0 Å². The minimum atomic E-state index is -0.297. The van der Waals surface area contributed by atoms with Gasteiger partial charge in [0.1, 0.15) is 0 Å². The number of rotatable bonds is 3. The van der Waals surface area contributed by atoms with Crippen molar-refractivity contribution in [2.75, 3.05) is 0 Å². The van der Waals surface area contributed by atoms with Crippen LogP contribution >= 0.6 is 15.9 Å². The summed E-state index contributed by atoms with van der Waals surface area (Å²) >= 11 is 3.50. The van der Waals surface area contributed by atoms with Gasteiger partial charge in [-0.2, -0.15) is 0 Å². The third-order valence-electron chi connectivity index (χ3n) is 3.73. The zero-order valence-corrected chi connectivity index (χ0v) is 12.0. The second-order valence-corrected chi connectivity index (χ2v) is 6.23. The predicted molar refractivity (Wildman–Crippen MR) is 75.0 cm³/mol. The summed E-state index contributed by atoms with van der Waals surface area (Å²) in [5.74, 6) is 0.720. The molecule has 1 unspecified atom stereocenters. The molecule has 1 aliphatic rings. The number of hydrogen-bond donors (Lipinski definition) is 1. The molecule has 0 saturated heterocycles. The quantitative estimate of drug-likeness (QED) is 0.852. The topological polar surface area (TPSA) is 20.2 Å². The van der Waals surface area contributed by atoms with Gasteiger partial charge < -0.3 is 5.11 Å². The molecule has 0 bridgehead atoms. The van der Waals surface area contributed by atoms with Gasteiger partial charge in [0.25, 0.3) is 0 Å². The van der Waals surface area contributed by atoms with Gasteiger partial charge in [-0.15, -0.1) is 0 Å². The maximum atomic E-state index is 10.3. The first-order chi connectivity index (χ1) is 8.15. The summed E-state index contributed by atoms with van der Waals surface area (Å²) in [6, 6.07) is 6.22. The van der Waals surface area contributed by atoms with Gasteiger partial charge in [-0.05, 0) is 42.5 Å². The van der Waals surface area contributed by atoms with E-state index in [2.05, 4.69) is 35.0 Å². The highest BCUT2D eigenvalue weighted by Gasteiger charge is 2.18. The average molecular weight is 297 g/mol. The van der Waals surface area contributed by atoms with E-state index in [0.29, 0.717) is 0 Å². The second-order valence-electron chi connectivity index (χ2n) is 5.32. The van der Waals surface area contributed by atoms with Gasteiger partial charge in [0.2, 0.25) is 0 Å². The van der Waals surface area contributed by atoms with Crippen LogP contribution in [0.1, 0.15) is 55.8 Å². The van der Waals surface area contributed by atoms with E-state index in [9.17, 15) is 5.11 Å². The Balaban J connectivity index is 2.00. The van der Waals surface area contributed by atoms with Crippen LogP contribution in [0, 0.1) is 12.8 Å². The molecule has 1 saturated carbocycles. The SMILES string of the molecule is Cc1cc(Br)cc(C(O)CC2CCCCC2)c1. The van der Waals surface area contributed by atoms with Crippen LogP contribution in [0.15, 0.2) is 22.7 Å². The largest absolute Gasteiger partial charge is 0.388 e. The Bertz CT molecular complexity index is 349. The normalized spacial score (nSPS) is 19.2. The van der Waals surface area contributed by atoms with Crippen molar-refractivity contribution < 1.29 is 5.11 Å². The minimum absolute atomic E-state index is 0.297. The van der Waals surface area contributed by atoms with Crippen LogP contribution in [0.4, 0.5) is 0 Å². The van der Waals surface area contributed by atoms with E-state index in [1.807, 2.05) is 6.07 Å². The number of aryl methyl sites for hydroxylation is 1. The fourth-order valence-corrected chi connectivity index (χ4v) is 3.46. The molecule has 2 heteroatoms. The van der Waals surface area contributed by atoms with Crippen LogP contribution in [0.25, 0.3) is 0 Å². The van der Waals surface area contributed by atoms with Gasteiger partial charge in [0, 0.05) is 4.47 Å². The lowest BCUT2D eigenvalue weighted by Gasteiger charge is -2.24. The molecule has 1 aliphatic carbocycles. The lowest BCUT2D eigenvalue weighted by atomic mass is 9.84. The van der Waals surface area contributed by atoms with Crippen molar-refractivity contribution in [1.82, 2.24) is 0 Å². The van der Waals surface area contributed by atoms with Crippen LogP contribution in [-0.4, -0.2) is 5.11 Å². The summed E-state index contributed by atoms with van der Waals surface area (Å²) in [6.07, 6.45) is 7.28. The Kier molecular flexibility index (Phi) is 4.63. The van der Waals surface area contributed by atoms with Crippen LogP contribution in [0.3, 0.4) is 0 Å². The number of halogens is 1. The molecule has 1 N–H and O–H groups in total. The lowest BCUT2D eigenvalue weighted by molar-refractivity contribution is 0.131. The maximum Gasteiger partial charge on any atom is 0.0793 e. The summed E-state index contributed by atoms with van der Waals surface area (Å²) < 4.78 is 1.06. The van der Waals surface area contributed by atoms with E-state index in [1.165, 1.54) is 37.7 Å². The molecule has 1 aromatic rings. The zero-order valence-electron chi connectivity index (χ0n) is 10.5. The molecular formula is C15H21BrO. The van der Waals surface area contributed by atoms with E-state index in [-0.39, 0.29) is 6.10 Å². The monoisotopic (exact) mass is 296 g/mol. The van der Waals surface area contributed by atoms with Crippen molar-refractivity contribution in [1.29, 1.82) is 0 Å². The first-order valence-corrected chi connectivity index (χ1v) is 7.39. The number of aliphatic hydroxyl groups is 1. The van der Waals surface area contributed by atoms with Gasteiger partial charge in [-0.1, -0.05) is 54.1 Å². The third kappa shape index (κ3) is 3.82. The first-order valence-electron chi connectivity index (χ1n) is 6.60. The molecule has 0 spiro atoms. The molecule has 0 aromatic heterocycles. The molecule has 17 heavy (non-hydrogen) atoms. The van der Waals surface area contributed by atoms with Crippen LogP contribution in [0.5, 0.6) is 0 Å². The summed E-state index contributed by atoms with van der Waals surface area (Å²) in [5, 5.41) is 10.3. The Morgan fingerprint density at radius 3 is 2.59 bits per heavy atom. The van der Waals surface area contributed by atoms with Gasteiger partial charge in [-0.3, -0.25) is 0 Å². The van der Waals surface area contributed by atoms with Crippen molar-refractivity contribution in [3.63, 3.8) is 0 Å². The van der Waals surface area contributed by atoms with E-state index in [0.717, 1.165) is 22.4 Å². The average Bonchev–Trinajstić information content (AvgIpc) is 2.29. The van der Waals surface area contributed by atoms with Crippen molar-refractivity contribution in [3.05, 3.63) is 33.8 Å². The summed E-state index contributed by atoms with van der Waals surface area (Å²) in [5.41, 5.74) is 2.26. The molecule has 0 amide bonds. The lowest BCUT2D eigenvalue weighted by Crippen LogP contribution is -2.11. The first kappa shape index (κ1) is 13.1. The highest BCUT2D eigenvalue weighted by atomic mass is 79.9. The van der Waals surface area contributed by atoms with Gasteiger partial charge in [-0.25, -0.2) is 0 Å². The molecule has 2 rings (SSSR count). The zero-order chi connectivity index (χ0) is 12.3. The van der Waals surface area contributed by atoms with E-state index < -0.39 is 0 Å². The van der Waals surface area contributed by atoms with Crippen molar-refractivity contribution in [2.24, 2.45) is 5.92 Å². The molecule has 1 atom stereocenters. The molecule has 0 radical (unpaired) electrons. The smallest absolute Gasteiger partial charge is 0.0793 e. The molecule has 1 fully saturated rings. The van der Waals surface area contributed by atoms with Crippen LogP contribution in [-0.2, 0) is 0 Å². The van der Waals surface area contributed by atoms with Gasteiger partial charge in [0.15, 0.2) is 0 Å². The molecule has 94 valence electrons. The Morgan fingerprint density at radius 1 is 1.24 bits per heavy atom. The van der Waals surface area contributed by atoms with Crippen molar-refractivity contribution in [3.8, 4) is 0 Å². The Hall–Kier alpha value is -0.340. The minimum Gasteiger partial charge on any atom is -0.388 e. The standard InChI is InChI=1S/C15H21BrO/c1-11-7-13(10-14(16)8-11)15(17)9-12-5-3-2-4-6-12/h7-8,10,12,15,17H,2-6,9H2,1H3. The van der Waals surface area contributed by atoms with Crippen LogP contribution < -0.4 is 0 Å². The molecule has 1 nitrogen and oxygen atoms in total. The molecule has 0 aliphatic heterocycles. The summed E-state index contributed by atoms with van der Waals surface area (Å²) in [4.78, 5) is 0. The Morgan fingerprint density at radius 2 is 1.94 bits per heavy atom. The van der Waals surface area contributed by atoms with Gasteiger partial charge >= 0.3 is 0 Å². The fourth-order valence-electron chi connectivity index (χ4n) is 2.83. The summed E-state index contributed by atoms with van der Waals surface area (Å²) in [7, 11) is 0. The highest BCUT2D eigenvalue weighted by Crippen LogP contribution is 2.32. The Labute approximate surface area is 112 Å². The fraction of sp³-hybridized carbons (Fsp3) is 0.600.